The standard InChI is InChI=1S/C17H25N3O2/c1-17(2,3)16-19-14(13-9-5-7-11-20(13)16)15(21)18-10-6-8-12-22-4/h5,7,9,11H,6,8,10,12H2,1-4H3,(H,18,21). The first-order chi connectivity index (χ1) is 10.4. The van der Waals surface area contributed by atoms with Crippen LogP contribution < -0.4 is 5.32 Å². The highest BCUT2D eigenvalue weighted by atomic mass is 16.5. The third kappa shape index (κ3) is 3.65. The lowest BCUT2D eigenvalue weighted by Crippen LogP contribution is -2.25. The summed E-state index contributed by atoms with van der Waals surface area (Å²) in [6.07, 6.45) is 3.80. The first-order valence-corrected chi connectivity index (χ1v) is 7.70. The van der Waals surface area contributed by atoms with Gasteiger partial charge in [-0.2, -0.15) is 0 Å². The number of nitrogens with one attached hydrogen (secondary N) is 1. The molecule has 2 heterocycles. The van der Waals surface area contributed by atoms with Crippen molar-refractivity contribution >= 4 is 11.4 Å². The lowest BCUT2D eigenvalue weighted by Gasteiger charge is -2.16. The Kier molecular flexibility index (Phi) is 5.19. The largest absolute Gasteiger partial charge is 0.385 e. The Labute approximate surface area is 131 Å². The normalized spacial score (nSPS) is 11.8. The smallest absolute Gasteiger partial charge is 0.272 e. The van der Waals surface area contributed by atoms with E-state index in [-0.39, 0.29) is 11.3 Å². The molecule has 2 rings (SSSR count). The van der Waals surface area contributed by atoms with Crippen LogP contribution in [0.1, 0.15) is 49.9 Å². The topological polar surface area (TPSA) is 55.6 Å². The van der Waals surface area contributed by atoms with E-state index in [4.69, 9.17) is 4.74 Å². The van der Waals surface area contributed by atoms with E-state index in [1.807, 2.05) is 28.8 Å². The summed E-state index contributed by atoms with van der Waals surface area (Å²) in [5.41, 5.74) is 1.22. The van der Waals surface area contributed by atoms with Gasteiger partial charge >= 0.3 is 0 Å². The number of carbonyl (C=O) groups excluding carboxylic acids is 1. The fourth-order valence-electron chi connectivity index (χ4n) is 2.39. The lowest BCUT2D eigenvalue weighted by molar-refractivity contribution is 0.0948. The molecular weight excluding hydrogens is 278 g/mol. The number of nitrogens with zero attached hydrogens (tertiary/aromatic N) is 2. The number of pyridine rings is 1. The van der Waals surface area contributed by atoms with Gasteiger partial charge in [-0.05, 0) is 25.0 Å². The summed E-state index contributed by atoms with van der Waals surface area (Å²) >= 11 is 0. The number of methoxy groups -OCH3 is 1. The van der Waals surface area contributed by atoms with Crippen LogP contribution in [0.25, 0.3) is 5.52 Å². The second-order valence-corrected chi connectivity index (χ2v) is 6.45. The van der Waals surface area contributed by atoms with Crippen LogP contribution in [-0.4, -0.2) is 35.6 Å². The molecule has 1 amide bonds. The first-order valence-electron chi connectivity index (χ1n) is 7.70. The molecule has 2 aromatic rings. The molecule has 0 aliphatic rings. The fraction of sp³-hybridized carbons (Fsp3) is 0.529. The molecule has 0 fully saturated rings. The van der Waals surface area contributed by atoms with Crippen LogP contribution in [0.3, 0.4) is 0 Å². The van der Waals surface area contributed by atoms with Crippen LogP contribution in [0.5, 0.6) is 0 Å². The molecule has 0 unspecified atom stereocenters. The summed E-state index contributed by atoms with van der Waals surface area (Å²) in [5.74, 6) is 0.782. The van der Waals surface area contributed by atoms with E-state index < -0.39 is 0 Å². The Bertz CT molecular complexity index is 641. The van der Waals surface area contributed by atoms with Gasteiger partial charge in [-0.3, -0.25) is 4.79 Å². The predicted molar refractivity (Wildman–Crippen MR) is 87.3 cm³/mol. The van der Waals surface area contributed by atoms with E-state index in [0.29, 0.717) is 12.2 Å². The van der Waals surface area contributed by atoms with E-state index in [0.717, 1.165) is 30.8 Å². The summed E-state index contributed by atoms with van der Waals surface area (Å²) in [7, 11) is 1.68. The Morgan fingerprint density at radius 3 is 2.77 bits per heavy atom. The van der Waals surface area contributed by atoms with Gasteiger partial charge in [-0.25, -0.2) is 4.98 Å². The minimum absolute atomic E-state index is 0.114. The van der Waals surface area contributed by atoms with Crippen molar-refractivity contribution in [2.75, 3.05) is 20.3 Å². The van der Waals surface area contributed by atoms with Crippen molar-refractivity contribution in [1.82, 2.24) is 14.7 Å². The molecule has 0 saturated carbocycles. The third-order valence-electron chi connectivity index (χ3n) is 3.50. The Morgan fingerprint density at radius 2 is 2.09 bits per heavy atom. The number of rotatable bonds is 6. The molecule has 22 heavy (non-hydrogen) atoms. The SMILES string of the molecule is COCCCCNC(=O)c1nc(C(C)(C)C)n2ccccc12. The van der Waals surface area contributed by atoms with Crippen LogP contribution in [0.4, 0.5) is 0 Å². The zero-order chi connectivity index (χ0) is 16.2. The molecule has 0 saturated heterocycles. The number of hydrogen-bond acceptors (Lipinski definition) is 3. The number of hydrogen-bond donors (Lipinski definition) is 1. The second-order valence-electron chi connectivity index (χ2n) is 6.45. The van der Waals surface area contributed by atoms with E-state index in [2.05, 4.69) is 31.1 Å². The maximum atomic E-state index is 12.4. The summed E-state index contributed by atoms with van der Waals surface area (Å²) in [6.45, 7) is 7.65. The third-order valence-corrected chi connectivity index (χ3v) is 3.50. The minimum atomic E-state index is -0.124. The average Bonchev–Trinajstić information content (AvgIpc) is 2.86. The van der Waals surface area contributed by atoms with Crippen molar-refractivity contribution in [3.05, 3.63) is 35.9 Å². The number of fused-ring (bicyclic) bond motifs is 1. The monoisotopic (exact) mass is 303 g/mol. The van der Waals surface area contributed by atoms with Crippen LogP contribution in [0.2, 0.25) is 0 Å². The number of unbranched alkanes of at least 4 members (excludes halogenated alkanes) is 1. The van der Waals surface area contributed by atoms with Crippen LogP contribution in [0, 0.1) is 0 Å². The van der Waals surface area contributed by atoms with Crippen molar-refractivity contribution in [2.24, 2.45) is 0 Å². The number of carbonyl (C=O) groups is 1. The van der Waals surface area contributed by atoms with Crippen molar-refractivity contribution in [3.8, 4) is 0 Å². The molecule has 0 aliphatic carbocycles. The maximum absolute atomic E-state index is 12.4. The molecule has 5 nitrogen and oxygen atoms in total. The van der Waals surface area contributed by atoms with E-state index in [9.17, 15) is 4.79 Å². The summed E-state index contributed by atoms with van der Waals surface area (Å²) in [5, 5.41) is 2.94. The fourth-order valence-corrected chi connectivity index (χ4v) is 2.39. The van der Waals surface area contributed by atoms with Gasteiger partial charge in [0.15, 0.2) is 5.69 Å². The van der Waals surface area contributed by atoms with Crippen LogP contribution in [0.15, 0.2) is 24.4 Å². The van der Waals surface area contributed by atoms with Gasteiger partial charge in [0.1, 0.15) is 5.82 Å². The highest BCUT2D eigenvalue weighted by Gasteiger charge is 2.24. The Balaban J connectivity index is 2.19. The van der Waals surface area contributed by atoms with Gasteiger partial charge in [0, 0.05) is 31.9 Å². The van der Waals surface area contributed by atoms with Gasteiger partial charge in [-0.1, -0.05) is 26.8 Å². The van der Waals surface area contributed by atoms with Crippen molar-refractivity contribution < 1.29 is 9.53 Å². The predicted octanol–water partition coefficient (Wildman–Crippen LogP) is 2.79. The van der Waals surface area contributed by atoms with Gasteiger partial charge in [0.2, 0.25) is 0 Å². The summed E-state index contributed by atoms with van der Waals surface area (Å²) < 4.78 is 7.00. The molecule has 120 valence electrons. The number of imidazole rings is 1. The first kappa shape index (κ1) is 16.5. The van der Waals surface area contributed by atoms with E-state index >= 15 is 0 Å². The van der Waals surface area contributed by atoms with E-state index in [1.54, 1.807) is 7.11 Å². The highest BCUT2D eigenvalue weighted by molar-refractivity contribution is 5.99. The molecule has 0 aliphatic heterocycles. The maximum Gasteiger partial charge on any atom is 0.272 e. The molecule has 0 atom stereocenters. The minimum Gasteiger partial charge on any atom is -0.385 e. The molecule has 5 heteroatoms. The highest BCUT2D eigenvalue weighted by Crippen LogP contribution is 2.24. The molecule has 2 aromatic heterocycles. The van der Waals surface area contributed by atoms with E-state index in [1.165, 1.54) is 0 Å². The van der Waals surface area contributed by atoms with Gasteiger partial charge in [-0.15, -0.1) is 0 Å². The zero-order valence-electron chi connectivity index (χ0n) is 13.8. The van der Waals surface area contributed by atoms with Crippen molar-refractivity contribution in [1.29, 1.82) is 0 Å². The van der Waals surface area contributed by atoms with Gasteiger partial charge < -0.3 is 14.5 Å². The molecule has 0 radical (unpaired) electrons. The number of amides is 1. The molecular formula is C17H25N3O2. The lowest BCUT2D eigenvalue weighted by atomic mass is 9.96. The number of ether oxygens (including phenoxy) is 1. The number of aromatic nitrogens is 2. The molecule has 0 bridgehead atoms. The van der Waals surface area contributed by atoms with Crippen LogP contribution in [-0.2, 0) is 10.2 Å². The quantitative estimate of drug-likeness (QED) is 0.835. The molecule has 1 N–H and O–H groups in total. The second kappa shape index (κ2) is 6.92. The van der Waals surface area contributed by atoms with Crippen LogP contribution >= 0.6 is 0 Å². The summed E-state index contributed by atoms with van der Waals surface area (Å²) in [4.78, 5) is 17.0. The molecule has 0 aromatic carbocycles. The van der Waals surface area contributed by atoms with Gasteiger partial charge in [0.05, 0.1) is 5.52 Å². The average molecular weight is 303 g/mol. The zero-order valence-corrected chi connectivity index (χ0v) is 13.8. The van der Waals surface area contributed by atoms with Crippen molar-refractivity contribution in [2.45, 2.75) is 39.0 Å². The van der Waals surface area contributed by atoms with Gasteiger partial charge in [0.25, 0.3) is 5.91 Å². The summed E-state index contributed by atoms with van der Waals surface area (Å²) in [6, 6.07) is 5.82. The molecule has 0 spiro atoms. The Morgan fingerprint density at radius 1 is 1.32 bits per heavy atom. The Hall–Kier alpha value is -1.88. The van der Waals surface area contributed by atoms with Crippen molar-refractivity contribution in [3.63, 3.8) is 0 Å².